The van der Waals surface area contributed by atoms with E-state index in [0.29, 0.717) is 23.9 Å². The van der Waals surface area contributed by atoms with Gasteiger partial charge < -0.3 is 19.4 Å². The van der Waals surface area contributed by atoms with Crippen molar-refractivity contribution in [3.63, 3.8) is 0 Å². The largest absolute Gasteiger partial charge is 0.472 e. The summed E-state index contributed by atoms with van der Waals surface area (Å²) < 4.78 is 30.6. The molecule has 0 aromatic carbocycles. The molecule has 0 aliphatic rings. The molecule has 77 heavy (non-hydrogen) atoms. The lowest BCUT2D eigenvalue weighted by molar-refractivity contribution is -0.870. The number of nitrogens with zero attached hydrogens (tertiary/aromatic N) is 1. The number of hydrogen-bond acceptors (Lipinski definition) is 6. The molecule has 10 heteroatoms. The lowest BCUT2D eigenvalue weighted by Gasteiger charge is -2.27. The molecule has 438 valence electrons. The van der Waals surface area contributed by atoms with Crippen molar-refractivity contribution in [3.8, 4) is 0 Å². The molecule has 0 aliphatic heterocycles. The fourth-order valence-electron chi connectivity index (χ4n) is 7.87. The molecule has 0 saturated carbocycles. The SMILES string of the molecule is CC/C=C\C/C=C\C/C=C\C/C=C\C/C=C\C/C=C\CCCCCCC(=O)NC(COP(=O)(O)OCC[N+](C)(C)C)C(/C=C\CCCCCCCCCCC)OC(=O)CCC/C=C\C/C=C\C/C=C\C/C=C\CCCCC. The van der Waals surface area contributed by atoms with Gasteiger partial charge in [-0.15, -0.1) is 0 Å². The number of hydrogen-bond donors (Lipinski definition) is 2. The molecule has 2 N–H and O–H groups in total. The van der Waals surface area contributed by atoms with Gasteiger partial charge in [-0.2, -0.15) is 0 Å². The first-order valence-corrected chi connectivity index (χ1v) is 32.0. The fourth-order valence-corrected chi connectivity index (χ4v) is 8.61. The number of phosphoric acid groups is 1. The smallest absolute Gasteiger partial charge is 0.456 e. The second-order valence-corrected chi connectivity index (χ2v) is 22.6. The second-order valence-electron chi connectivity index (χ2n) is 21.1. The number of esters is 1. The van der Waals surface area contributed by atoms with Gasteiger partial charge in [0.1, 0.15) is 19.3 Å². The van der Waals surface area contributed by atoms with Gasteiger partial charge in [0, 0.05) is 12.8 Å². The van der Waals surface area contributed by atoms with Crippen LogP contribution in [0.1, 0.15) is 226 Å². The Morgan fingerprint density at radius 2 is 0.844 bits per heavy atom. The molecular formula is C67H114N2O7P+. The van der Waals surface area contributed by atoms with E-state index in [0.717, 1.165) is 109 Å². The van der Waals surface area contributed by atoms with Gasteiger partial charge in [-0.05, 0) is 122 Å². The molecule has 9 nitrogen and oxygen atoms in total. The standard InChI is InChI=1S/C67H113N2O7P/c1-7-10-13-16-19-22-25-27-29-31-32-33-34-35-36-38-39-41-44-47-50-53-56-59-66(70)68-64(63-75-77(72,73)74-62-61-69(4,5)6)65(58-55-52-49-46-43-24-21-18-15-12-9-3)76-67(71)60-57-54-51-48-45-42-40-37-30-28-26-23-20-17-14-11-8-2/h10,13,19-20,22-23,27-30,32-33,35-36,39-42,48,51,55,58,64-65H,7-9,11-12,14-18,21,24-26,31,34,37-38,43-47,49-50,52-54,56-57,59-63H2,1-6H3,(H-,68,70,72,73)/p+1/b13-10-,22-19-,23-20-,29-27-,30-28-,33-32-,36-35-,41-39-,42-40-,51-48-,58-55-. The molecule has 0 aromatic heterocycles. The first-order chi connectivity index (χ1) is 37.4. The van der Waals surface area contributed by atoms with Crippen molar-refractivity contribution in [3.05, 3.63) is 134 Å². The highest BCUT2D eigenvalue weighted by Gasteiger charge is 2.30. The zero-order valence-electron chi connectivity index (χ0n) is 49.9. The average molecular weight is 1090 g/mol. The number of quaternary nitrogens is 1. The molecule has 3 unspecified atom stereocenters. The molecule has 0 saturated heterocycles. The third kappa shape index (κ3) is 56.7. The Labute approximate surface area is 473 Å². The number of likely N-dealkylation sites (N-methyl/N-ethyl adjacent to an activating group) is 1. The number of ether oxygens (including phenoxy) is 1. The summed E-state index contributed by atoms with van der Waals surface area (Å²) in [5.41, 5.74) is 0. The Balaban J connectivity index is 5.37. The van der Waals surface area contributed by atoms with Crippen LogP contribution in [-0.4, -0.2) is 74.3 Å². The first kappa shape index (κ1) is 73.2. The maximum Gasteiger partial charge on any atom is 0.472 e. The predicted octanol–water partition coefficient (Wildman–Crippen LogP) is 18.9. The second kappa shape index (κ2) is 55.5. The van der Waals surface area contributed by atoms with E-state index in [2.05, 4.69) is 148 Å². The number of unbranched alkanes of at least 4 members (excludes halogenated alkanes) is 17. The average Bonchev–Trinajstić information content (AvgIpc) is 3.39. The Morgan fingerprint density at radius 3 is 1.30 bits per heavy atom. The molecule has 0 rings (SSSR count). The zero-order valence-corrected chi connectivity index (χ0v) is 50.8. The molecule has 3 atom stereocenters. The molecular weight excluding hydrogens is 976 g/mol. The molecule has 0 radical (unpaired) electrons. The van der Waals surface area contributed by atoms with Gasteiger partial charge in [0.25, 0.3) is 0 Å². The summed E-state index contributed by atoms with van der Waals surface area (Å²) in [6, 6.07) is -0.894. The molecule has 1 amide bonds. The van der Waals surface area contributed by atoms with Crippen LogP contribution in [0.5, 0.6) is 0 Å². The van der Waals surface area contributed by atoms with Crippen LogP contribution in [0.2, 0.25) is 0 Å². The normalized spacial score (nSPS) is 14.6. The third-order valence-corrected chi connectivity index (χ3v) is 13.6. The van der Waals surface area contributed by atoms with Crippen molar-refractivity contribution in [2.24, 2.45) is 0 Å². The van der Waals surface area contributed by atoms with Gasteiger partial charge in [0.15, 0.2) is 0 Å². The predicted molar refractivity (Wildman–Crippen MR) is 332 cm³/mol. The Hall–Kier alpha value is -3.85. The molecule has 0 bridgehead atoms. The van der Waals surface area contributed by atoms with Gasteiger partial charge in [-0.25, -0.2) is 4.57 Å². The summed E-state index contributed by atoms with van der Waals surface area (Å²) in [5, 5.41) is 3.02. The molecule has 0 spiro atoms. The van der Waals surface area contributed by atoms with E-state index in [1.807, 2.05) is 33.3 Å². The van der Waals surface area contributed by atoms with E-state index in [-0.39, 0.29) is 32.0 Å². The van der Waals surface area contributed by atoms with Crippen LogP contribution >= 0.6 is 7.82 Å². The van der Waals surface area contributed by atoms with E-state index in [9.17, 15) is 19.0 Å². The van der Waals surface area contributed by atoms with Crippen LogP contribution in [0.25, 0.3) is 0 Å². The van der Waals surface area contributed by atoms with Crippen LogP contribution in [0.4, 0.5) is 0 Å². The number of carbonyl (C=O) groups is 2. The van der Waals surface area contributed by atoms with Crippen molar-refractivity contribution >= 4 is 19.7 Å². The minimum Gasteiger partial charge on any atom is -0.456 e. The summed E-state index contributed by atoms with van der Waals surface area (Å²) >= 11 is 0. The lowest BCUT2D eigenvalue weighted by atomic mass is 10.1. The van der Waals surface area contributed by atoms with E-state index in [1.54, 1.807) is 0 Å². The van der Waals surface area contributed by atoms with Crippen molar-refractivity contribution in [1.29, 1.82) is 0 Å². The fraction of sp³-hybridized carbons (Fsp3) is 0.642. The first-order valence-electron chi connectivity index (χ1n) is 30.5. The highest BCUT2D eigenvalue weighted by atomic mass is 31.2. The van der Waals surface area contributed by atoms with Crippen molar-refractivity contribution in [2.45, 2.75) is 238 Å². The Morgan fingerprint density at radius 1 is 0.468 bits per heavy atom. The monoisotopic (exact) mass is 1090 g/mol. The van der Waals surface area contributed by atoms with Gasteiger partial charge >= 0.3 is 13.8 Å². The Bertz CT molecular complexity index is 1780. The van der Waals surface area contributed by atoms with E-state index < -0.39 is 25.9 Å². The molecule has 0 heterocycles. The number of rotatable bonds is 53. The number of phosphoric ester groups is 1. The highest BCUT2D eigenvalue weighted by Crippen LogP contribution is 2.43. The lowest BCUT2D eigenvalue weighted by Crippen LogP contribution is -2.47. The minimum atomic E-state index is -4.48. The van der Waals surface area contributed by atoms with Crippen LogP contribution in [0.3, 0.4) is 0 Å². The van der Waals surface area contributed by atoms with Gasteiger partial charge in [-0.3, -0.25) is 18.6 Å². The van der Waals surface area contributed by atoms with Gasteiger partial charge in [-0.1, -0.05) is 225 Å². The van der Waals surface area contributed by atoms with E-state index in [4.69, 9.17) is 13.8 Å². The van der Waals surface area contributed by atoms with Gasteiger partial charge in [0.05, 0.1) is 33.8 Å². The maximum atomic E-state index is 13.5. The van der Waals surface area contributed by atoms with E-state index in [1.165, 1.54) is 70.6 Å². The summed E-state index contributed by atoms with van der Waals surface area (Å²) in [7, 11) is 1.43. The maximum absolute atomic E-state index is 13.5. The zero-order chi connectivity index (χ0) is 56.4. The van der Waals surface area contributed by atoms with Crippen molar-refractivity contribution in [1.82, 2.24) is 5.32 Å². The van der Waals surface area contributed by atoms with Crippen LogP contribution in [0.15, 0.2) is 134 Å². The molecule has 0 fully saturated rings. The number of carbonyl (C=O) groups excluding carboxylic acids is 2. The topological polar surface area (TPSA) is 111 Å². The number of allylic oxidation sites excluding steroid dienone is 21. The summed E-state index contributed by atoms with van der Waals surface area (Å²) in [4.78, 5) is 37.6. The number of nitrogens with one attached hydrogen (secondary N) is 1. The minimum absolute atomic E-state index is 0.0187. The third-order valence-electron chi connectivity index (χ3n) is 12.6. The summed E-state index contributed by atoms with van der Waals surface area (Å²) in [5.74, 6) is -0.612. The van der Waals surface area contributed by atoms with Crippen molar-refractivity contribution in [2.75, 3.05) is 40.9 Å². The van der Waals surface area contributed by atoms with E-state index >= 15 is 0 Å². The summed E-state index contributed by atoms with van der Waals surface area (Å²) in [6.45, 7) is 6.78. The molecule has 0 aromatic rings. The van der Waals surface area contributed by atoms with Crippen LogP contribution < -0.4 is 5.32 Å². The molecule has 0 aliphatic carbocycles. The summed E-state index contributed by atoms with van der Waals surface area (Å²) in [6.07, 6.45) is 78.9. The quantitative estimate of drug-likeness (QED) is 0.0205. The van der Waals surface area contributed by atoms with Crippen LogP contribution in [-0.2, 0) is 27.9 Å². The highest BCUT2D eigenvalue weighted by molar-refractivity contribution is 7.47. The van der Waals surface area contributed by atoms with Gasteiger partial charge in [0.2, 0.25) is 5.91 Å². The number of amides is 1. The Kier molecular flexibility index (Phi) is 52.7. The van der Waals surface area contributed by atoms with Crippen LogP contribution in [0, 0.1) is 0 Å². The van der Waals surface area contributed by atoms with Crippen molar-refractivity contribution < 1.29 is 37.3 Å².